The van der Waals surface area contributed by atoms with Crippen molar-refractivity contribution < 1.29 is 9.72 Å². The van der Waals surface area contributed by atoms with Crippen LogP contribution in [0.1, 0.15) is 16.8 Å². The second-order valence-corrected chi connectivity index (χ2v) is 4.65. The fourth-order valence-corrected chi connectivity index (χ4v) is 2.15. The number of nitrogens with zero attached hydrogens (tertiary/aromatic N) is 2. The van der Waals surface area contributed by atoms with Crippen molar-refractivity contribution in [2.45, 2.75) is 12.5 Å². The predicted octanol–water partition coefficient (Wildman–Crippen LogP) is 1.42. The highest BCUT2D eigenvalue weighted by molar-refractivity contribution is 6.31. The topological polar surface area (TPSA) is 89.5 Å². The fourth-order valence-electron chi connectivity index (χ4n) is 1.98. The van der Waals surface area contributed by atoms with Crippen LogP contribution in [0.25, 0.3) is 0 Å². The Balaban J connectivity index is 2.33. The summed E-state index contributed by atoms with van der Waals surface area (Å²) >= 11 is 5.70. The summed E-state index contributed by atoms with van der Waals surface area (Å²) in [4.78, 5) is 24.0. The number of halogens is 1. The third-order valence-corrected chi connectivity index (χ3v) is 3.13. The molecule has 1 saturated heterocycles. The van der Waals surface area contributed by atoms with Crippen LogP contribution in [0.2, 0.25) is 5.02 Å². The Morgan fingerprint density at radius 3 is 2.83 bits per heavy atom. The van der Waals surface area contributed by atoms with Gasteiger partial charge in [0, 0.05) is 30.2 Å². The molecule has 0 unspecified atom stereocenters. The van der Waals surface area contributed by atoms with Crippen LogP contribution in [0.4, 0.5) is 5.69 Å². The van der Waals surface area contributed by atoms with Crippen LogP contribution in [0, 0.1) is 10.1 Å². The molecule has 2 rings (SSSR count). The van der Waals surface area contributed by atoms with Gasteiger partial charge in [-0.15, -0.1) is 0 Å². The highest BCUT2D eigenvalue weighted by Gasteiger charge is 2.29. The Morgan fingerprint density at radius 1 is 1.56 bits per heavy atom. The van der Waals surface area contributed by atoms with Crippen molar-refractivity contribution in [3.63, 3.8) is 0 Å². The Bertz CT molecular complexity index is 506. The number of carbonyl (C=O) groups is 1. The number of hydrogen-bond acceptors (Lipinski definition) is 4. The van der Waals surface area contributed by atoms with E-state index in [1.165, 1.54) is 23.1 Å². The van der Waals surface area contributed by atoms with Crippen molar-refractivity contribution in [2.24, 2.45) is 5.73 Å². The predicted molar refractivity (Wildman–Crippen MR) is 66.6 cm³/mol. The molecular formula is C11H12ClN3O3. The number of nitro groups is 1. The molecule has 1 heterocycles. The molecule has 7 heteroatoms. The maximum atomic E-state index is 12.2. The number of nitro benzene ring substituents is 1. The Kier molecular flexibility index (Phi) is 3.49. The van der Waals surface area contributed by atoms with Gasteiger partial charge in [0.25, 0.3) is 11.6 Å². The molecule has 96 valence electrons. The minimum absolute atomic E-state index is 0.0542. The maximum Gasteiger partial charge on any atom is 0.283 e. The molecule has 1 aromatic rings. The van der Waals surface area contributed by atoms with Gasteiger partial charge >= 0.3 is 0 Å². The minimum atomic E-state index is -0.602. The molecule has 0 aromatic heterocycles. The molecule has 0 bridgehead atoms. The van der Waals surface area contributed by atoms with E-state index in [0.717, 1.165) is 0 Å². The van der Waals surface area contributed by atoms with Gasteiger partial charge < -0.3 is 10.6 Å². The van der Waals surface area contributed by atoms with E-state index in [9.17, 15) is 14.9 Å². The smallest absolute Gasteiger partial charge is 0.283 e. The average Bonchev–Trinajstić information content (AvgIpc) is 2.75. The molecule has 18 heavy (non-hydrogen) atoms. The molecule has 6 nitrogen and oxygen atoms in total. The SMILES string of the molecule is N[C@H]1CCN(C(=O)c2ccc(Cl)cc2[N+](=O)[O-])C1. The molecule has 1 aliphatic heterocycles. The summed E-state index contributed by atoms with van der Waals surface area (Å²) < 4.78 is 0. The first-order chi connectivity index (χ1) is 8.49. The standard InChI is InChI=1S/C11H12ClN3O3/c12-7-1-2-9(10(5-7)15(17)18)11(16)14-4-3-8(13)6-14/h1-2,5,8H,3-4,6,13H2/t8-/m0/s1. The molecule has 1 aromatic carbocycles. The first-order valence-electron chi connectivity index (χ1n) is 5.48. The zero-order valence-corrected chi connectivity index (χ0v) is 10.3. The Hall–Kier alpha value is -1.66. The van der Waals surface area contributed by atoms with Crippen molar-refractivity contribution in [3.05, 3.63) is 38.9 Å². The van der Waals surface area contributed by atoms with Gasteiger partial charge in [0.1, 0.15) is 5.56 Å². The quantitative estimate of drug-likeness (QED) is 0.649. The first-order valence-corrected chi connectivity index (χ1v) is 5.85. The van der Waals surface area contributed by atoms with E-state index in [2.05, 4.69) is 0 Å². The highest BCUT2D eigenvalue weighted by atomic mass is 35.5. The van der Waals surface area contributed by atoms with Crippen molar-refractivity contribution in [3.8, 4) is 0 Å². The minimum Gasteiger partial charge on any atom is -0.337 e. The summed E-state index contributed by atoms with van der Waals surface area (Å²) in [6.45, 7) is 0.957. The number of hydrogen-bond donors (Lipinski definition) is 1. The Labute approximate surface area is 108 Å². The summed E-state index contributed by atoms with van der Waals surface area (Å²) in [5, 5.41) is 11.1. The maximum absolute atomic E-state index is 12.2. The zero-order chi connectivity index (χ0) is 13.3. The highest BCUT2D eigenvalue weighted by Crippen LogP contribution is 2.25. The van der Waals surface area contributed by atoms with Crippen molar-refractivity contribution in [2.75, 3.05) is 13.1 Å². The van der Waals surface area contributed by atoms with Gasteiger partial charge in [-0.25, -0.2) is 0 Å². The number of carbonyl (C=O) groups excluding carboxylic acids is 1. The van der Waals surface area contributed by atoms with Gasteiger partial charge in [0.2, 0.25) is 0 Å². The van der Waals surface area contributed by atoms with Crippen molar-refractivity contribution in [1.29, 1.82) is 0 Å². The number of benzene rings is 1. The summed E-state index contributed by atoms with van der Waals surface area (Å²) in [5.41, 5.74) is 5.50. The van der Waals surface area contributed by atoms with Crippen LogP contribution in [-0.2, 0) is 0 Å². The van der Waals surface area contributed by atoms with Crippen LogP contribution >= 0.6 is 11.6 Å². The van der Waals surface area contributed by atoms with Crippen LogP contribution in [0.5, 0.6) is 0 Å². The van der Waals surface area contributed by atoms with Gasteiger partial charge in [0.05, 0.1) is 4.92 Å². The first kappa shape index (κ1) is 12.8. The molecule has 0 saturated carbocycles. The van der Waals surface area contributed by atoms with Crippen LogP contribution in [0.15, 0.2) is 18.2 Å². The van der Waals surface area contributed by atoms with E-state index in [0.29, 0.717) is 19.5 Å². The lowest BCUT2D eigenvalue weighted by atomic mass is 10.1. The van der Waals surface area contributed by atoms with Gasteiger partial charge in [-0.05, 0) is 18.6 Å². The lowest BCUT2D eigenvalue weighted by Gasteiger charge is -2.15. The molecule has 1 amide bonds. The third-order valence-electron chi connectivity index (χ3n) is 2.90. The summed E-state index contributed by atoms with van der Waals surface area (Å²) in [6.07, 6.45) is 0.715. The Morgan fingerprint density at radius 2 is 2.28 bits per heavy atom. The number of amides is 1. The molecule has 0 radical (unpaired) electrons. The monoisotopic (exact) mass is 269 g/mol. The average molecular weight is 270 g/mol. The molecule has 1 atom stereocenters. The van der Waals surface area contributed by atoms with Crippen LogP contribution < -0.4 is 5.73 Å². The molecule has 2 N–H and O–H groups in total. The molecule has 0 spiro atoms. The molecule has 1 fully saturated rings. The fraction of sp³-hybridized carbons (Fsp3) is 0.364. The van der Waals surface area contributed by atoms with Gasteiger partial charge in [-0.3, -0.25) is 14.9 Å². The van der Waals surface area contributed by atoms with Gasteiger partial charge in [-0.1, -0.05) is 11.6 Å². The summed E-state index contributed by atoms with van der Waals surface area (Å²) in [5.74, 6) is -0.369. The van der Waals surface area contributed by atoms with E-state index < -0.39 is 4.92 Å². The van der Waals surface area contributed by atoms with Crippen LogP contribution in [0.3, 0.4) is 0 Å². The van der Waals surface area contributed by atoms with Crippen molar-refractivity contribution >= 4 is 23.2 Å². The number of nitrogens with two attached hydrogens (primary N) is 1. The molecule has 0 aliphatic carbocycles. The van der Waals surface area contributed by atoms with E-state index >= 15 is 0 Å². The van der Waals surface area contributed by atoms with E-state index in [1.807, 2.05) is 0 Å². The lowest BCUT2D eigenvalue weighted by Crippen LogP contribution is -2.32. The number of rotatable bonds is 2. The van der Waals surface area contributed by atoms with Gasteiger partial charge in [-0.2, -0.15) is 0 Å². The van der Waals surface area contributed by atoms with Crippen LogP contribution in [-0.4, -0.2) is 34.9 Å². The van der Waals surface area contributed by atoms with E-state index in [-0.39, 0.29) is 28.2 Å². The molecule has 1 aliphatic rings. The van der Waals surface area contributed by atoms with E-state index in [1.54, 1.807) is 0 Å². The second kappa shape index (κ2) is 4.91. The van der Waals surface area contributed by atoms with E-state index in [4.69, 9.17) is 17.3 Å². The van der Waals surface area contributed by atoms with Crippen molar-refractivity contribution in [1.82, 2.24) is 4.90 Å². The largest absolute Gasteiger partial charge is 0.337 e. The summed E-state index contributed by atoms with van der Waals surface area (Å²) in [6, 6.07) is 3.98. The second-order valence-electron chi connectivity index (χ2n) is 4.22. The summed E-state index contributed by atoms with van der Waals surface area (Å²) in [7, 11) is 0. The third kappa shape index (κ3) is 2.44. The lowest BCUT2D eigenvalue weighted by molar-refractivity contribution is -0.385. The number of likely N-dealkylation sites (tertiary alicyclic amines) is 1. The molecular weight excluding hydrogens is 258 g/mol. The van der Waals surface area contributed by atoms with Gasteiger partial charge in [0.15, 0.2) is 0 Å². The normalized spacial score (nSPS) is 19.0. The zero-order valence-electron chi connectivity index (χ0n) is 9.51.